The average Bonchev–Trinajstić information content (AvgIpc) is 2.42. The monoisotopic (exact) mass is 213 g/mol. The lowest BCUT2D eigenvalue weighted by Crippen LogP contribution is -2.42. The molecule has 1 rings (SSSR count). The van der Waals surface area contributed by atoms with Crippen LogP contribution in [0.2, 0.25) is 0 Å². The maximum atomic E-state index is 13.9. The number of aliphatic hydroxyl groups is 1. The summed E-state index contributed by atoms with van der Waals surface area (Å²) in [7, 11) is 0. The first-order valence-electron chi connectivity index (χ1n) is 5.57. The largest absolute Gasteiger partial charge is 0.382 e. The molecule has 15 heavy (non-hydrogen) atoms. The van der Waals surface area contributed by atoms with Gasteiger partial charge in [0, 0.05) is 18.3 Å². The Bertz CT molecular complexity index is 271. The number of alkyl halides is 1. The molecule has 0 aromatic carbocycles. The van der Waals surface area contributed by atoms with Gasteiger partial charge < -0.3 is 9.95 Å². The van der Waals surface area contributed by atoms with E-state index in [1.165, 1.54) is 0 Å². The summed E-state index contributed by atoms with van der Waals surface area (Å²) in [6.07, 6.45) is -1.89. The van der Waals surface area contributed by atoms with E-state index < -0.39 is 17.8 Å². The molecule has 0 aromatic heterocycles. The first-order valence-corrected chi connectivity index (χ1v) is 5.57. The maximum absolute atomic E-state index is 13.9. The van der Waals surface area contributed by atoms with Crippen molar-refractivity contribution in [2.24, 2.45) is 17.8 Å². The van der Waals surface area contributed by atoms with Crippen LogP contribution >= 0.6 is 0 Å². The van der Waals surface area contributed by atoms with Gasteiger partial charge in [-0.2, -0.15) is 0 Å². The fourth-order valence-electron chi connectivity index (χ4n) is 2.54. The molecule has 0 bridgehead atoms. The second-order valence-corrected chi connectivity index (χ2v) is 5.26. The summed E-state index contributed by atoms with van der Waals surface area (Å²) in [4.78, 5) is 3.54. The predicted molar refractivity (Wildman–Crippen MR) is 58.0 cm³/mol. The average molecular weight is 213 g/mol. The molecule has 1 aliphatic rings. The first kappa shape index (κ1) is 12.4. The van der Waals surface area contributed by atoms with E-state index in [2.05, 4.69) is 4.85 Å². The molecule has 1 fully saturated rings. The van der Waals surface area contributed by atoms with Crippen LogP contribution in [-0.4, -0.2) is 22.9 Å². The van der Waals surface area contributed by atoms with E-state index in [1.807, 2.05) is 27.7 Å². The summed E-state index contributed by atoms with van der Waals surface area (Å²) in [6.45, 7) is 14.9. The highest BCUT2D eigenvalue weighted by Gasteiger charge is 2.61. The van der Waals surface area contributed by atoms with Gasteiger partial charge in [-0.15, -0.1) is 0 Å². The third kappa shape index (κ3) is 1.76. The van der Waals surface area contributed by atoms with Crippen LogP contribution in [0.3, 0.4) is 0 Å². The Morgan fingerprint density at radius 3 is 2.13 bits per heavy atom. The lowest BCUT2D eigenvalue weighted by molar-refractivity contribution is 0.0391. The molecule has 0 radical (unpaired) electrons. The third-order valence-electron chi connectivity index (χ3n) is 3.85. The van der Waals surface area contributed by atoms with Crippen LogP contribution in [0.25, 0.3) is 4.85 Å². The fourth-order valence-corrected chi connectivity index (χ4v) is 2.54. The Balaban J connectivity index is 3.01. The van der Waals surface area contributed by atoms with Gasteiger partial charge in [0.15, 0.2) is 6.10 Å². The summed E-state index contributed by atoms with van der Waals surface area (Å²) in [6, 6.07) is 0. The van der Waals surface area contributed by atoms with Crippen LogP contribution in [-0.2, 0) is 0 Å². The normalized spacial score (nSPS) is 41.1. The van der Waals surface area contributed by atoms with Crippen molar-refractivity contribution in [3.63, 3.8) is 0 Å². The second-order valence-electron chi connectivity index (χ2n) is 5.26. The Morgan fingerprint density at radius 1 is 1.40 bits per heavy atom. The van der Waals surface area contributed by atoms with Gasteiger partial charge in [-0.25, -0.2) is 11.0 Å². The molecule has 1 N–H and O–H groups in total. The molecule has 0 saturated heterocycles. The summed E-state index contributed by atoms with van der Waals surface area (Å²) in [5.74, 6) is -0.0134. The zero-order chi connectivity index (χ0) is 11.8. The number of hydrogen-bond donors (Lipinski definition) is 1. The van der Waals surface area contributed by atoms with Crippen LogP contribution in [0.15, 0.2) is 0 Å². The third-order valence-corrected chi connectivity index (χ3v) is 3.85. The number of halogens is 1. The molecule has 4 atom stereocenters. The molecule has 3 heteroatoms. The van der Waals surface area contributed by atoms with Gasteiger partial charge in [-0.1, -0.05) is 27.7 Å². The summed E-state index contributed by atoms with van der Waals surface area (Å²) < 4.78 is 13.9. The van der Waals surface area contributed by atoms with Gasteiger partial charge in [0.25, 0.3) is 5.54 Å². The minimum Gasteiger partial charge on any atom is -0.382 e. The van der Waals surface area contributed by atoms with Crippen LogP contribution in [0.4, 0.5) is 4.39 Å². The number of aliphatic hydroxyl groups excluding tert-OH is 1. The van der Waals surface area contributed by atoms with Crippen LogP contribution in [0.1, 0.15) is 34.1 Å². The van der Waals surface area contributed by atoms with Gasteiger partial charge in [-0.3, -0.25) is 0 Å². The van der Waals surface area contributed by atoms with Crippen molar-refractivity contribution >= 4 is 0 Å². The van der Waals surface area contributed by atoms with Crippen molar-refractivity contribution in [1.82, 2.24) is 0 Å². The molecule has 0 spiro atoms. The topological polar surface area (TPSA) is 24.6 Å². The van der Waals surface area contributed by atoms with Crippen molar-refractivity contribution in [2.75, 3.05) is 0 Å². The van der Waals surface area contributed by atoms with E-state index in [-0.39, 0.29) is 17.8 Å². The highest BCUT2D eigenvalue weighted by Crippen LogP contribution is 2.47. The maximum Gasteiger partial charge on any atom is 0.263 e. The Morgan fingerprint density at radius 2 is 1.93 bits per heavy atom. The highest BCUT2D eigenvalue weighted by atomic mass is 19.1. The summed E-state index contributed by atoms with van der Waals surface area (Å²) >= 11 is 0. The molecule has 1 aliphatic carbocycles. The van der Waals surface area contributed by atoms with Crippen molar-refractivity contribution in [3.8, 4) is 0 Å². The molecule has 1 saturated carbocycles. The van der Waals surface area contributed by atoms with Crippen LogP contribution < -0.4 is 0 Å². The molecule has 0 aliphatic heterocycles. The van der Waals surface area contributed by atoms with Crippen LogP contribution in [0, 0.1) is 24.3 Å². The molecule has 0 aromatic rings. The molecule has 86 valence electrons. The molecule has 4 unspecified atom stereocenters. The van der Waals surface area contributed by atoms with Gasteiger partial charge in [0.05, 0.1) is 0 Å². The summed E-state index contributed by atoms with van der Waals surface area (Å²) in [5, 5.41) is 9.91. The van der Waals surface area contributed by atoms with Crippen molar-refractivity contribution in [1.29, 1.82) is 0 Å². The number of nitrogens with zero attached hydrogens (tertiary/aromatic N) is 1. The van der Waals surface area contributed by atoms with E-state index in [0.717, 1.165) is 0 Å². The lowest BCUT2D eigenvalue weighted by atomic mass is 9.82. The highest BCUT2D eigenvalue weighted by molar-refractivity contribution is 5.16. The number of rotatable bonds is 2. The Kier molecular flexibility index (Phi) is 3.40. The minimum absolute atomic E-state index is 0.00741. The summed E-state index contributed by atoms with van der Waals surface area (Å²) in [5.41, 5.74) is -0.908. The molecular formula is C12H20FNO. The Labute approximate surface area is 91.3 Å². The lowest BCUT2D eigenvalue weighted by Gasteiger charge is -2.24. The van der Waals surface area contributed by atoms with E-state index in [4.69, 9.17) is 6.57 Å². The van der Waals surface area contributed by atoms with E-state index >= 15 is 0 Å². The van der Waals surface area contributed by atoms with E-state index in [9.17, 15) is 9.50 Å². The van der Waals surface area contributed by atoms with Crippen molar-refractivity contribution in [3.05, 3.63) is 11.4 Å². The molecular weight excluding hydrogens is 193 g/mol. The quantitative estimate of drug-likeness (QED) is 0.701. The van der Waals surface area contributed by atoms with Crippen LogP contribution in [0.5, 0.6) is 0 Å². The SMILES string of the molecule is [C-]#[N+]C1(C(C)C)CC(C(C)C)C(F)C1O. The van der Waals surface area contributed by atoms with E-state index in [0.29, 0.717) is 6.42 Å². The zero-order valence-electron chi connectivity index (χ0n) is 9.87. The van der Waals surface area contributed by atoms with Gasteiger partial charge in [0.1, 0.15) is 6.17 Å². The first-order chi connectivity index (χ1) is 6.86. The van der Waals surface area contributed by atoms with E-state index in [1.54, 1.807) is 0 Å². The fraction of sp³-hybridized carbons (Fsp3) is 0.917. The second kappa shape index (κ2) is 4.09. The van der Waals surface area contributed by atoms with Crippen molar-refractivity contribution in [2.45, 2.75) is 51.9 Å². The minimum atomic E-state index is -1.25. The number of hydrogen-bond acceptors (Lipinski definition) is 1. The van der Waals surface area contributed by atoms with Gasteiger partial charge >= 0.3 is 0 Å². The Hall–Kier alpha value is -0.620. The zero-order valence-corrected chi connectivity index (χ0v) is 9.87. The standard InChI is InChI=1S/C12H20FNO/c1-7(2)9-6-12(14-5,8(3)4)11(15)10(9)13/h7-11,15H,6H2,1-4H3. The smallest absolute Gasteiger partial charge is 0.263 e. The molecule has 2 nitrogen and oxygen atoms in total. The van der Waals surface area contributed by atoms with Gasteiger partial charge in [-0.05, 0) is 5.92 Å². The predicted octanol–water partition coefficient (Wildman–Crippen LogP) is 2.68. The molecule has 0 amide bonds. The van der Waals surface area contributed by atoms with Gasteiger partial charge in [0.2, 0.25) is 0 Å². The van der Waals surface area contributed by atoms with Crippen molar-refractivity contribution < 1.29 is 9.50 Å². The molecule has 0 heterocycles.